The summed E-state index contributed by atoms with van der Waals surface area (Å²) in [5.74, 6) is 1.72. The molecule has 0 spiro atoms. The maximum atomic E-state index is 5.91. The minimum absolute atomic E-state index is 0.282. The Labute approximate surface area is 102 Å². The number of hydrogen-bond donors (Lipinski definition) is 1. The summed E-state index contributed by atoms with van der Waals surface area (Å²) in [4.78, 5) is 2.26. The molecule has 0 unspecified atom stereocenters. The van der Waals surface area contributed by atoms with Crippen LogP contribution >= 0.6 is 0 Å². The number of likely N-dealkylation sites (tertiary alicyclic amines) is 1. The Hall–Kier alpha value is -1.26. The molecule has 4 nitrogen and oxygen atoms in total. The molecule has 0 aromatic heterocycles. The van der Waals surface area contributed by atoms with Crippen LogP contribution in [0.25, 0.3) is 0 Å². The quantitative estimate of drug-likeness (QED) is 0.850. The highest BCUT2D eigenvalue weighted by atomic mass is 16.5. The molecule has 1 aliphatic rings. The van der Waals surface area contributed by atoms with E-state index in [0.29, 0.717) is 12.6 Å². The first-order chi connectivity index (χ1) is 8.19. The van der Waals surface area contributed by atoms with E-state index in [0.717, 1.165) is 24.5 Å². The van der Waals surface area contributed by atoms with Gasteiger partial charge < -0.3 is 15.2 Å². The van der Waals surface area contributed by atoms with Crippen LogP contribution in [0.5, 0.6) is 11.5 Å². The van der Waals surface area contributed by atoms with Crippen molar-refractivity contribution in [1.29, 1.82) is 0 Å². The summed E-state index contributed by atoms with van der Waals surface area (Å²) in [6.45, 7) is 1.65. The van der Waals surface area contributed by atoms with Gasteiger partial charge in [0.05, 0.1) is 7.11 Å². The molecule has 2 atom stereocenters. The van der Waals surface area contributed by atoms with Gasteiger partial charge >= 0.3 is 0 Å². The number of nitrogens with zero attached hydrogens (tertiary/aromatic N) is 1. The molecule has 1 saturated heterocycles. The Morgan fingerprint density at radius 1 is 1.29 bits per heavy atom. The van der Waals surface area contributed by atoms with Crippen molar-refractivity contribution in [2.24, 2.45) is 5.73 Å². The summed E-state index contributed by atoms with van der Waals surface area (Å²) >= 11 is 0. The fourth-order valence-electron chi connectivity index (χ4n) is 2.18. The zero-order chi connectivity index (χ0) is 12.3. The maximum absolute atomic E-state index is 5.91. The lowest BCUT2D eigenvalue weighted by Gasteiger charge is -2.19. The highest BCUT2D eigenvalue weighted by molar-refractivity contribution is 5.31. The van der Waals surface area contributed by atoms with Gasteiger partial charge in [0, 0.05) is 18.6 Å². The third-order valence-corrected chi connectivity index (χ3v) is 3.22. The van der Waals surface area contributed by atoms with Crippen molar-refractivity contribution >= 4 is 0 Å². The molecule has 1 aromatic carbocycles. The summed E-state index contributed by atoms with van der Waals surface area (Å²) in [6.07, 6.45) is 1.01. The first kappa shape index (κ1) is 12.2. The molecule has 1 aliphatic heterocycles. The zero-order valence-corrected chi connectivity index (χ0v) is 10.4. The van der Waals surface area contributed by atoms with Crippen LogP contribution in [0.3, 0.4) is 0 Å². The summed E-state index contributed by atoms with van der Waals surface area (Å²) in [7, 11) is 3.75. The first-order valence-electron chi connectivity index (χ1n) is 5.91. The van der Waals surface area contributed by atoms with Crippen molar-refractivity contribution in [1.82, 2.24) is 4.90 Å². The van der Waals surface area contributed by atoms with E-state index in [4.69, 9.17) is 15.2 Å². The zero-order valence-electron chi connectivity index (χ0n) is 10.4. The Bertz CT molecular complexity index is 353. The Morgan fingerprint density at radius 3 is 2.47 bits per heavy atom. The Morgan fingerprint density at radius 2 is 1.94 bits per heavy atom. The van der Waals surface area contributed by atoms with E-state index in [9.17, 15) is 0 Å². The molecule has 17 heavy (non-hydrogen) atoms. The predicted octanol–water partition coefficient (Wildman–Crippen LogP) is 1.11. The van der Waals surface area contributed by atoms with Crippen LogP contribution in [0.2, 0.25) is 0 Å². The lowest BCUT2D eigenvalue weighted by Crippen LogP contribution is -2.30. The van der Waals surface area contributed by atoms with Crippen LogP contribution in [-0.2, 0) is 0 Å². The number of nitrogens with two attached hydrogens (primary N) is 1. The fourth-order valence-corrected chi connectivity index (χ4v) is 2.18. The fraction of sp³-hybridized carbons (Fsp3) is 0.538. The van der Waals surface area contributed by atoms with Crippen molar-refractivity contribution in [3.05, 3.63) is 24.3 Å². The average Bonchev–Trinajstić information content (AvgIpc) is 2.66. The van der Waals surface area contributed by atoms with Gasteiger partial charge in [-0.2, -0.15) is 0 Å². The molecule has 2 rings (SSSR count). The van der Waals surface area contributed by atoms with Crippen LogP contribution in [0, 0.1) is 0 Å². The molecular weight excluding hydrogens is 216 g/mol. The molecule has 2 N–H and O–H groups in total. The SMILES string of the molecule is COc1ccc(OC[C@H]2C[C@@H](N)CN2C)cc1. The normalized spacial score (nSPS) is 24.9. The summed E-state index contributed by atoms with van der Waals surface area (Å²) in [6, 6.07) is 8.36. The lowest BCUT2D eigenvalue weighted by atomic mass is 10.2. The molecule has 0 bridgehead atoms. The van der Waals surface area contributed by atoms with Gasteiger partial charge in [-0.3, -0.25) is 4.90 Å². The third-order valence-electron chi connectivity index (χ3n) is 3.22. The Balaban J connectivity index is 1.85. The van der Waals surface area contributed by atoms with Gasteiger partial charge in [0.1, 0.15) is 18.1 Å². The summed E-state index contributed by atoms with van der Waals surface area (Å²) in [5.41, 5.74) is 5.91. The Kier molecular flexibility index (Phi) is 3.86. The van der Waals surface area contributed by atoms with Gasteiger partial charge in [-0.1, -0.05) is 0 Å². The first-order valence-corrected chi connectivity index (χ1v) is 5.91. The summed E-state index contributed by atoms with van der Waals surface area (Å²) < 4.78 is 10.9. The number of likely N-dealkylation sites (N-methyl/N-ethyl adjacent to an activating group) is 1. The third kappa shape index (κ3) is 3.11. The molecular formula is C13H20N2O2. The number of rotatable bonds is 4. The van der Waals surface area contributed by atoms with Gasteiger partial charge in [-0.25, -0.2) is 0 Å². The monoisotopic (exact) mass is 236 g/mol. The topological polar surface area (TPSA) is 47.7 Å². The van der Waals surface area contributed by atoms with Gasteiger partial charge in [-0.05, 0) is 37.7 Å². The van der Waals surface area contributed by atoms with E-state index >= 15 is 0 Å². The van der Waals surface area contributed by atoms with Crippen molar-refractivity contribution in [2.45, 2.75) is 18.5 Å². The molecule has 1 aromatic rings. The van der Waals surface area contributed by atoms with Gasteiger partial charge in [0.2, 0.25) is 0 Å². The second kappa shape index (κ2) is 5.38. The maximum Gasteiger partial charge on any atom is 0.119 e. The van der Waals surface area contributed by atoms with Crippen molar-refractivity contribution < 1.29 is 9.47 Å². The van der Waals surface area contributed by atoms with Gasteiger partial charge in [-0.15, -0.1) is 0 Å². The largest absolute Gasteiger partial charge is 0.497 e. The highest BCUT2D eigenvalue weighted by Crippen LogP contribution is 2.19. The van der Waals surface area contributed by atoms with Crippen LogP contribution < -0.4 is 15.2 Å². The van der Waals surface area contributed by atoms with Crippen LogP contribution in [0.15, 0.2) is 24.3 Å². The van der Waals surface area contributed by atoms with E-state index in [2.05, 4.69) is 11.9 Å². The minimum atomic E-state index is 0.282. The molecule has 0 aliphatic carbocycles. The smallest absolute Gasteiger partial charge is 0.119 e. The molecule has 0 saturated carbocycles. The van der Waals surface area contributed by atoms with E-state index in [1.807, 2.05) is 24.3 Å². The van der Waals surface area contributed by atoms with Crippen LogP contribution in [0.1, 0.15) is 6.42 Å². The molecule has 1 heterocycles. The molecule has 0 amide bonds. The molecule has 0 radical (unpaired) electrons. The molecule has 4 heteroatoms. The standard InChI is InChI=1S/C13H20N2O2/c1-15-8-10(14)7-11(15)9-17-13-5-3-12(16-2)4-6-13/h3-6,10-11H,7-9,14H2,1-2H3/t10-,11-/m1/s1. The van der Waals surface area contributed by atoms with Gasteiger partial charge in [0.15, 0.2) is 0 Å². The van der Waals surface area contributed by atoms with Crippen LogP contribution in [0.4, 0.5) is 0 Å². The number of ether oxygens (including phenoxy) is 2. The lowest BCUT2D eigenvalue weighted by molar-refractivity contribution is 0.198. The number of methoxy groups -OCH3 is 1. The highest BCUT2D eigenvalue weighted by Gasteiger charge is 2.27. The number of benzene rings is 1. The summed E-state index contributed by atoms with van der Waals surface area (Å²) in [5, 5.41) is 0. The van der Waals surface area contributed by atoms with Crippen molar-refractivity contribution in [3.8, 4) is 11.5 Å². The second-order valence-electron chi connectivity index (χ2n) is 4.58. The van der Waals surface area contributed by atoms with E-state index in [1.165, 1.54) is 0 Å². The second-order valence-corrected chi connectivity index (χ2v) is 4.58. The van der Waals surface area contributed by atoms with E-state index < -0.39 is 0 Å². The molecule has 1 fully saturated rings. The van der Waals surface area contributed by atoms with Crippen LogP contribution in [-0.4, -0.2) is 44.3 Å². The van der Waals surface area contributed by atoms with Gasteiger partial charge in [0.25, 0.3) is 0 Å². The van der Waals surface area contributed by atoms with E-state index in [1.54, 1.807) is 7.11 Å². The van der Waals surface area contributed by atoms with Crippen molar-refractivity contribution in [3.63, 3.8) is 0 Å². The predicted molar refractivity (Wildman–Crippen MR) is 67.5 cm³/mol. The molecule has 94 valence electrons. The van der Waals surface area contributed by atoms with E-state index in [-0.39, 0.29) is 6.04 Å². The average molecular weight is 236 g/mol. The number of hydrogen-bond acceptors (Lipinski definition) is 4. The van der Waals surface area contributed by atoms with Crippen molar-refractivity contribution in [2.75, 3.05) is 27.3 Å². The minimum Gasteiger partial charge on any atom is -0.497 e.